The molecule has 0 unspecified atom stereocenters. The minimum atomic E-state index is -2.77. The van der Waals surface area contributed by atoms with Crippen molar-refractivity contribution in [2.24, 2.45) is 0 Å². The van der Waals surface area contributed by atoms with Gasteiger partial charge in [0.15, 0.2) is 0 Å². The van der Waals surface area contributed by atoms with Gasteiger partial charge in [-0.05, 0) is 23.8 Å². The Kier molecular flexibility index (Phi) is 4.82. The lowest BCUT2D eigenvalue weighted by molar-refractivity contribution is 0.390. The average molecular weight is 347 g/mol. The summed E-state index contributed by atoms with van der Waals surface area (Å²) in [6.45, 7) is 1.26. The van der Waals surface area contributed by atoms with Gasteiger partial charge in [0.25, 0.3) is 0 Å². The molecular weight excluding hydrogens is 326 g/mol. The molecule has 6 heteroatoms. The number of benzene rings is 2. The molecule has 2 aromatic rings. The maximum Gasteiger partial charge on any atom is 0.127 e. The van der Waals surface area contributed by atoms with E-state index in [1.165, 1.54) is 5.41 Å². The van der Waals surface area contributed by atoms with Crippen LogP contribution in [-0.2, 0) is 13.1 Å². The zero-order valence-corrected chi connectivity index (χ0v) is 14.5. The van der Waals surface area contributed by atoms with Gasteiger partial charge in [0, 0.05) is 35.7 Å². The molecule has 1 aliphatic heterocycles. The van der Waals surface area contributed by atoms with Crippen molar-refractivity contribution in [1.29, 1.82) is 0 Å². The van der Waals surface area contributed by atoms with Crippen LogP contribution in [0.2, 0.25) is 0 Å². The summed E-state index contributed by atoms with van der Waals surface area (Å²) < 4.78 is 30.6. The van der Waals surface area contributed by atoms with Crippen molar-refractivity contribution in [2.45, 2.75) is 18.0 Å². The molecule has 0 saturated heterocycles. The van der Waals surface area contributed by atoms with Gasteiger partial charge in [-0.15, -0.1) is 10.6 Å². The molecule has 0 fully saturated rings. The molecule has 0 aromatic heterocycles. The van der Waals surface area contributed by atoms with Crippen LogP contribution in [0.1, 0.15) is 16.7 Å². The highest BCUT2D eigenvalue weighted by atomic mass is 32.3. The fourth-order valence-electron chi connectivity index (χ4n) is 2.76. The van der Waals surface area contributed by atoms with Gasteiger partial charge in [0.1, 0.15) is 11.5 Å². The third-order valence-electron chi connectivity index (χ3n) is 4.03. The Balaban J connectivity index is 1.70. The van der Waals surface area contributed by atoms with Gasteiger partial charge < -0.3 is 14.8 Å². The molecule has 2 aromatic carbocycles. The van der Waals surface area contributed by atoms with Crippen LogP contribution < -0.4 is 14.8 Å². The standard InChI is InChI=1S/C18H21NO4S/c1-22-15-7-6-14(17(10-15)23-2)12-19-11-13-4-3-5-18-16(13)8-9-24(18,20)21/h3-10,19-21H,11-12H2,1-2H3. The van der Waals surface area contributed by atoms with E-state index in [0.717, 1.165) is 28.2 Å². The average Bonchev–Trinajstić information content (AvgIpc) is 2.91. The van der Waals surface area contributed by atoms with Crippen LogP contribution in [0.5, 0.6) is 11.5 Å². The lowest BCUT2D eigenvalue weighted by Crippen LogP contribution is -2.14. The molecule has 3 N–H and O–H groups in total. The predicted molar refractivity (Wildman–Crippen MR) is 96.7 cm³/mol. The van der Waals surface area contributed by atoms with Crippen LogP contribution in [0, 0.1) is 0 Å². The molecule has 0 aliphatic carbocycles. The SMILES string of the molecule is COc1ccc(CNCc2cccc3c2C=CS3(O)O)c(OC)c1. The van der Waals surface area contributed by atoms with Crippen LogP contribution in [0.15, 0.2) is 46.7 Å². The van der Waals surface area contributed by atoms with Crippen molar-refractivity contribution in [3.05, 3.63) is 58.5 Å². The normalized spacial score (nSPS) is 15.8. The van der Waals surface area contributed by atoms with Crippen LogP contribution in [0.4, 0.5) is 0 Å². The molecule has 0 spiro atoms. The molecule has 128 valence electrons. The lowest BCUT2D eigenvalue weighted by atomic mass is 10.1. The summed E-state index contributed by atoms with van der Waals surface area (Å²) in [6, 6.07) is 11.3. The van der Waals surface area contributed by atoms with Gasteiger partial charge in [0.2, 0.25) is 0 Å². The third kappa shape index (κ3) is 3.27. The zero-order valence-electron chi connectivity index (χ0n) is 13.7. The molecule has 1 aliphatic rings. The second-order valence-corrected chi connectivity index (χ2v) is 7.40. The van der Waals surface area contributed by atoms with E-state index in [2.05, 4.69) is 5.32 Å². The van der Waals surface area contributed by atoms with Gasteiger partial charge in [-0.1, -0.05) is 18.2 Å². The molecule has 0 atom stereocenters. The number of rotatable bonds is 6. The second-order valence-electron chi connectivity index (χ2n) is 5.51. The summed E-state index contributed by atoms with van der Waals surface area (Å²) in [4.78, 5) is 0.601. The Bertz CT molecular complexity index is 774. The van der Waals surface area contributed by atoms with Crippen LogP contribution >= 0.6 is 10.6 Å². The van der Waals surface area contributed by atoms with E-state index in [9.17, 15) is 9.11 Å². The molecule has 0 bridgehead atoms. The van der Waals surface area contributed by atoms with E-state index in [0.29, 0.717) is 18.0 Å². The first-order valence-electron chi connectivity index (χ1n) is 7.55. The topological polar surface area (TPSA) is 71.0 Å². The van der Waals surface area contributed by atoms with Crippen LogP contribution in [0.25, 0.3) is 6.08 Å². The Morgan fingerprint density at radius 1 is 1.00 bits per heavy atom. The lowest BCUT2D eigenvalue weighted by Gasteiger charge is -2.25. The second kappa shape index (κ2) is 6.86. The summed E-state index contributed by atoms with van der Waals surface area (Å²) in [5.41, 5.74) is 2.96. The molecule has 5 nitrogen and oxygen atoms in total. The maximum absolute atomic E-state index is 10.00. The molecule has 0 radical (unpaired) electrons. The minimum Gasteiger partial charge on any atom is -0.497 e. The van der Waals surface area contributed by atoms with Crippen LogP contribution in [0.3, 0.4) is 0 Å². The summed E-state index contributed by atoms with van der Waals surface area (Å²) in [5.74, 6) is 1.53. The van der Waals surface area contributed by atoms with Crippen LogP contribution in [-0.4, -0.2) is 23.3 Å². The fraction of sp³-hybridized carbons (Fsp3) is 0.222. The van der Waals surface area contributed by atoms with Gasteiger partial charge >= 0.3 is 0 Å². The highest BCUT2D eigenvalue weighted by Crippen LogP contribution is 2.56. The van der Waals surface area contributed by atoms with Crippen molar-refractivity contribution in [3.8, 4) is 11.5 Å². The van der Waals surface area contributed by atoms with Gasteiger partial charge in [0.05, 0.1) is 19.1 Å². The number of methoxy groups -OCH3 is 2. The number of nitrogens with one attached hydrogen (secondary N) is 1. The molecular formula is C18H21NO4S. The molecule has 1 heterocycles. The first kappa shape index (κ1) is 16.9. The Labute approximate surface area is 143 Å². The van der Waals surface area contributed by atoms with Crippen molar-refractivity contribution < 1.29 is 18.6 Å². The zero-order chi connectivity index (χ0) is 17.2. The van der Waals surface area contributed by atoms with E-state index >= 15 is 0 Å². The van der Waals surface area contributed by atoms with E-state index in [1.54, 1.807) is 26.4 Å². The molecule has 0 saturated carbocycles. The number of ether oxygens (including phenoxy) is 2. The molecule has 24 heavy (non-hydrogen) atoms. The van der Waals surface area contributed by atoms with Gasteiger partial charge in [-0.2, -0.15) is 0 Å². The fourth-order valence-corrected chi connectivity index (χ4v) is 4.03. The summed E-state index contributed by atoms with van der Waals surface area (Å²) in [5, 5.41) is 4.86. The first-order valence-corrected chi connectivity index (χ1v) is 9.16. The van der Waals surface area contributed by atoms with Crippen molar-refractivity contribution in [3.63, 3.8) is 0 Å². The summed E-state index contributed by atoms with van der Waals surface area (Å²) in [6.07, 6.45) is 1.79. The predicted octanol–water partition coefficient (Wildman–Crippen LogP) is 4.09. The number of hydrogen-bond acceptors (Lipinski definition) is 5. The van der Waals surface area contributed by atoms with E-state index < -0.39 is 10.6 Å². The number of hydrogen-bond donors (Lipinski definition) is 3. The summed E-state index contributed by atoms with van der Waals surface area (Å²) in [7, 11) is 0.497. The first-order chi connectivity index (χ1) is 11.5. The van der Waals surface area contributed by atoms with E-state index in [-0.39, 0.29) is 0 Å². The third-order valence-corrected chi connectivity index (χ3v) is 5.55. The summed E-state index contributed by atoms with van der Waals surface area (Å²) >= 11 is 0. The Morgan fingerprint density at radius 2 is 1.79 bits per heavy atom. The van der Waals surface area contributed by atoms with Crippen molar-refractivity contribution in [1.82, 2.24) is 5.32 Å². The molecule has 0 amide bonds. The largest absolute Gasteiger partial charge is 0.497 e. The Morgan fingerprint density at radius 3 is 2.54 bits per heavy atom. The van der Waals surface area contributed by atoms with Gasteiger partial charge in [-0.3, -0.25) is 9.11 Å². The van der Waals surface area contributed by atoms with Crippen molar-refractivity contribution >= 4 is 16.7 Å². The highest BCUT2D eigenvalue weighted by molar-refractivity contribution is 8.27. The van der Waals surface area contributed by atoms with E-state index in [1.807, 2.05) is 30.3 Å². The smallest absolute Gasteiger partial charge is 0.127 e. The molecule has 3 rings (SSSR count). The van der Waals surface area contributed by atoms with E-state index in [4.69, 9.17) is 9.47 Å². The monoisotopic (exact) mass is 347 g/mol. The minimum absolute atomic E-state index is 0.601. The number of fused-ring (bicyclic) bond motifs is 1. The highest BCUT2D eigenvalue weighted by Gasteiger charge is 2.23. The van der Waals surface area contributed by atoms with Crippen molar-refractivity contribution in [2.75, 3.05) is 14.2 Å². The maximum atomic E-state index is 10.00. The quantitative estimate of drug-likeness (QED) is 0.734. The van der Waals surface area contributed by atoms with Gasteiger partial charge in [-0.25, -0.2) is 0 Å². The Hall–Kier alpha value is -1.99.